The zero-order chi connectivity index (χ0) is 16.6. The van der Waals surface area contributed by atoms with E-state index in [0.717, 1.165) is 0 Å². The third-order valence-electron chi connectivity index (χ3n) is 2.77. The molecule has 3 amide bonds. The van der Waals surface area contributed by atoms with Crippen molar-refractivity contribution in [2.75, 3.05) is 20.7 Å². The maximum atomic E-state index is 11.8. The zero-order valence-electron chi connectivity index (χ0n) is 12.3. The van der Waals surface area contributed by atoms with Crippen LogP contribution >= 0.6 is 0 Å². The summed E-state index contributed by atoms with van der Waals surface area (Å²) in [7, 11) is 2.66. The number of rotatable bonds is 8. The van der Waals surface area contributed by atoms with E-state index in [1.807, 2.05) is 0 Å². The summed E-state index contributed by atoms with van der Waals surface area (Å²) in [5.41, 5.74) is 4.94. The van der Waals surface area contributed by atoms with E-state index in [9.17, 15) is 19.2 Å². The lowest BCUT2D eigenvalue weighted by molar-refractivity contribution is -0.145. The molecule has 0 aliphatic heterocycles. The number of carboxylic acid groups (broad SMARTS) is 1. The first kappa shape index (κ1) is 18.7. The van der Waals surface area contributed by atoms with Gasteiger partial charge in [-0.25, -0.2) is 9.59 Å². The number of methoxy groups -OCH3 is 1. The average molecular weight is 303 g/mol. The first-order valence-electron chi connectivity index (χ1n) is 6.29. The number of urea groups is 1. The van der Waals surface area contributed by atoms with Crippen LogP contribution < -0.4 is 11.1 Å². The Morgan fingerprint density at radius 3 is 2.33 bits per heavy atom. The number of esters is 1. The molecule has 9 nitrogen and oxygen atoms in total. The van der Waals surface area contributed by atoms with Crippen molar-refractivity contribution in [1.82, 2.24) is 10.2 Å². The Labute approximate surface area is 122 Å². The van der Waals surface area contributed by atoms with Crippen molar-refractivity contribution < 1.29 is 29.0 Å². The maximum Gasteiger partial charge on any atom is 0.326 e. The molecule has 2 atom stereocenters. The highest BCUT2D eigenvalue weighted by atomic mass is 16.5. The van der Waals surface area contributed by atoms with Crippen molar-refractivity contribution in [3.05, 3.63) is 0 Å². The summed E-state index contributed by atoms with van der Waals surface area (Å²) in [4.78, 5) is 45.9. The summed E-state index contributed by atoms with van der Waals surface area (Å²) in [5, 5.41) is 11.2. The van der Waals surface area contributed by atoms with E-state index < -0.39 is 35.8 Å². The lowest BCUT2D eigenvalue weighted by Crippen LogP contribution is -2.48. The third-order valence-corrected chi connectivity index (χ3v) is 2.77. The van der Waals surface area contributed by atoms with Gasteiger partial charge in [0.25, 0.3) is 0 Å². The standard InChI is InChI=1S/C12H21N3O6/c1-7(11(19)21-3)6-15(2)12(20)14-8(10(17)18)4-5-9(13)16/h7-8H,4-6H2,1-3H3,(H2,13,16)(H,14,20)(H,17,18). The molecule has 120 valence electrons. The number of ether oxygens (including phenoxy) is 1. The minimum Gasteiger partial charge on any atom is -0.480 e. The maximum absolute atomic E-state index is 11.8. The number of carbonyl (C=O) groups excluding carboxylic acids is 3. The van der Waals surface area contributed by atoms with E-state index in [1.165, 1.54) is 19.1 Å². The van der Waals surface area contributed by atoms with Gasteiger partial charge in [0.15, 0.2) is 0 Å². The summed E-state index contributed by atoms with van der Waals surface area (Å²) in [6.07, 6.45) is -0.254. The Hall–Kier alpha value is -2.32. The Morgan fingerprint density at radius 2 is 1.90 bits per heavy atom. The van der Waals surface area contributed by atoms with E-state index in [-0.39, 0.29) is 19.4 Å². The van der Waals surface area contributed by atoms with Gasteiger partial charge in [-0.15, -0.1) is 0 Å². The van der Waals surface area contributed by atoms with Crippen molar-refractivity contribution in [3.63, 3.8) is 0 Å². The largest absolute Gasteiger partial charge is 0.480 e. The molecule has 21 heavy (non-hydrogen) atoms. The Bertz CT molecular complexity index is 412. The fraction of sp³-hybridized carbons (Fsp3) is 0.667. The number of nitrogens with one attached hydrogen (secondary N) is 1. The third kappa shape index (κ3) is 7.14. The molecule has 0 aromatic rings. The first-order chi connectivity index (χ1) is 9.68. The van der Waals surface area contributed by atoms with Gasteiger partial charge in [0.05, 0.1) is 13.0 Å². The average Bonchev–Trinajstić information content (AvgIpc) is 2.41. The summed E-state index contributed by atoms with van der Waals surface area (Å²) < 4.78 is 4.53. The van der Waals surface area contributed by atoms with Gasteiger partial charge in [0, 0.05) is 20.0 Å². The van der Waals surface area contributed by atoms with Crippen LogP contribution in [-0.4, -0.2) is 60.6 Å². The number of nitrogens with two attached hydrogens (primary N) is 1. The molecule has 0 fully saturated rings. The Balaban J connectivity index is 4.50. The van der Waals surface area contributed by atoms with Crippen molar-refractivity contribution in [2.24, 2.45) is 11.7 Å². The van der Waals surface area contributed by atoms with Gasteiger partial charge in [0.1, 0.15) is 6.04 Å². The molecule has 0 saturated carbocycles. The van der Waals surface area contributed by atoms with Gasteiger partial charge in [-0.2, -0.15) is 0 Å². The minimum absolute atomic E-state index is 0.0701. The van der Waals surface area contributed by atoms with Gasteiger partial charge >= 0.3 is 18.0 Å². The van der Waals surface area contributed by atoms with Gasteiger partial charge in [0.2, 0.25) is 5.91 Å². The van der Waals surface area contributed by atoms with Crippen LogP contribution in [0.25, 0.3) is 0 Å². The van der Waals surface area contributed by atoms with Crippen LogP contribution in [0.3, 0.4) is 0 Å². The van der Waals surface area contributed by atoms with Crippen LogP contribution in [0.5, 0.6) is 0 Å². The van der Waals surface area contributed by atoms with E-state index >= 15 is 0 Å². The number of hydrogen-bond donors (Lipinski definition) is 3. The second kappa shape index (κ2) is 8.77. The van der Waals surface area contributed by atoms with E-state index in [0.29, 0.717) is 0 Å². The number of amides is 3. The molecule has 0 spiro atoms. The first-order valence-corrected chi connectivity index (χ1v) is 6.29. The van der Waals surface area contributed by atoms with Crippen molar-refractivity contribution >= 4 is 23.9 Å². The summed E-state index contributed by atoms with van der Waals surface area (Å²) in [5.74, 6) is -2.93. The predicted molar refractivity (Wildman–Crippen MR) is 72.2 cm³/mol. The van der Waals surface area contributed by atoms with E-state index in [2.05, 4.69) is 10.1 Å². The van der Waals surface area contributed by atoms with Crippen molar-refractivity contribution in [1.29, 1.82) is 0 Å². The molecule has 0 aromatic carbocycles. The van der Waals surface area contributed by atoms with Gasteiger partial charge in [-0.3, -0.25) is 9.59 Å². The number of nitrogens with zero attached hydrogens (tertiary/aromatic N) is 1. The quantitative estimate of drug-likeness (QED) is 0.499. The fourth-order valence-electron chi connectivity index (χ4n) is 1.57. The summed E-state index contributed by atoms with van der Waals surface area (Å²) in [6.45, 7) is 1.65. The van der Waals surface area contributed by atoms with Crippen LogP contribution in [0.15, 0.2) is 0 Å². The zero-order valence-corrected chi connectivity index (χ0v) is 12.3. The minimum atomic E-state index is -1.26. The number of aliphatic carboxylic acids is 1. The number of hydrogen-bond acceptors (Lipinski definition) is 5. The van der Waals surface area contributed by atoms with Crippen molar-refractivity contribution in [3.8, 4) is 0 Å². The van der Waals surface area contributed by atoms with E-state index in [4.69, 9.17) is 10.8 Å². The second-order valence-electron chi connectivity index (χ2n) is 4.65. The molecule has 2 unspecified atom stereocenters. The van der Waals surface area contributed by atoms with Crippen LogP contribution in [0, 0.1) is 5.92 Å². The van der Waals surface area contributed by atoms with Gasteiger partial charge < -0.3 is 25.8 Å². The number of carboxylic acids is 1. The molecule has 0 aliphatic carbocycles. The molecule has 0 bridgehead atoms. The van der Waals surface area contributed by atoms with Crippen molar-refractivity contribution in [2.45, 2.75) is 25.8 Å². The van der Waals surface area contributed by atoms with Crippen LogP contribution in [0.1, 0.15) is 19.8 Å². The van der Waals surface area contributed by atoms with Crippen LogP contribution in [0.2, 0.25) is 0 Å². The molecule has 0 aliphatic rings. The molecule has 0 heterocycles. The monoisotopic (exact) mass is 303 g/mol. The molecule has 4 N–H and O–H groups in total. The van der Waals surface area contributed by atoms with Gasteiger partial charge in [-0.1, -0.05) is 6.92 Å². The van der Waals surface area contributed by atoms with Crippen LogP contribution in [-0.2, 0) is 19.1 Å². The lowest BCUT2D eigenvalue weighted by atomic mass is 10.1. The number of primary amides is 1. The molecule has 9 heteroatoms. The molecular formula is C12H21N3O6. The molecule has 0 aromatic heterocycles. The SMILES string of the molecule is COC(=O)C(C)CN(C)C(=O)NC(CCC(N)=O)C(=O)O. The summed E-state index contributed by atoms with van der Waals surface area (Å²) in [6, 6.07) is -1.89. The lowest BCUT2D eigenvalue weighted by Gasteiger charge is -2.23. The Morgan fingerprint density at radius 1 is 1.33 bits per heavy atom. The normalized spacial score (nSPS) is 12.9. The van der Waals surface area contributed by atoms with Crippen LogP contribution in [0.4, 0.5) is 4.79 Å². The number of carbonyl (C=O) groups is 4. The fourth-order valence-corrected chi connectivity index (χ4v) is 1.57. The Kier molecular flexibility index (Phi) is 7.80. The molecule has 0 rings (SSSR count). The van der Waals surface area contributed by atoms with E-state index in [1.54, 1.807) is 6.92 Å². The highest BCUT2D eigenvalue weighted by Gasteiger charge is 2.24. The highest BCUT2D eigenvalue weighted by Crippen LogP contribution is 2.03. The topological polar surface area (TPSA) is 139 Å². The van der Waals surface area contributed by atoms with Gasteiger partial charge in [-0.05, 0) is 6.42 Å². The highest BCUT2D eigenvalue weighted by molar-refractivity contribution is 5.83. The predicted octanol–water partition coefficient (Wildman–Crippen LogP) is -0.844. The smallest absolute Gasteiger partial charge is 0.326 e. The summed E-state index contributed by atoms with van der Waals surface area (Å²) >= 11 is 0. The second-order valence-corrected chi connectivity index (χ2v) is 4.65. The molecule has 0 radical (unpaired) electrons. The molecule has 0 saturated heterocycles. The molecular weight excluding hydrogens is 282 g/mol.